The van der Waals surface area contributed by atoms with Crippen LogP contribution in [0.5, 0.6) is 0 Å². The average Bonchev–Trinajstić information content (AvgIpc) is 3.45. The van der Waals surface area contributed by atoms with Gasteiger partial charge < -0.3 is 23.7 Å². The summed E-state index contributed by atoms with van der Waals surface area (Å²) in [6.07, 6.45) is 0. The van der Waals surface area contributed by atoms with Crippen molar-refractivity contribution in [3.63, 3.8) is 0 Å². The average molecular weight is 529 g/mol. The summed E-state index contributed by atoms with van der Waals surface area (Å²) in [7, 11) is -2.55. The summed E-state index contributed by atoms with van der Waals surface area (Å²) in [5.41, 5.74) is 0.819. The number of rotatable bonds is 6. The molecule has 3 heterocycles. The molecule has 3 aromatic carbocycles. The number of benzene rings is 3. The fourth-order valence-corrected chi connectivity index (χ4v) is 9.46. The number of nitrogens with zero attached hydrogens (tertiary/aromatic N) is 3. The third-order valence-corrected chi connectivity index (χ3v) is 11.3. The number of hydrogen-bond donors (Lipinski definition) is 0. The van der Waals surface area contributed by atoms with Crippen LogP contribution in [0.3, 0.4) is 0 Å². The summed E-state index contributed by atoms with van der Waals surface area (Å²) in [4.78, 5) is 22.8. The summed E-state index contributed by atoms with van der Waals surface area (Å²) < 4.78 is 17.6. The van der Waals surface area contributed by atoms with E-state index >= 15 is 0 Å². The highest BCUT2D eigenvalue weighted by atomic mass is 31.2. The van der Waals surface area contributed by atoms with Gasteiger partial charge in [-0.05, 0) is 36.4 Å². The van der Waals surface area contributed by atoms with Gasteiger partial charge in [0.2, 0.25) is 0 Å². The number of anilines is 1. The molecule has 0 unspecified atom stereocenters. The van der Waals surface area contributed by atoms with Crippen molar-refractivity contribution in [1.29, 1.82) is 0 Å². The minimum absolute atomic E-state index is 0.135. The van der Waals surface area contributed by atoms with Crippen molar-refractivity contribution in [2.75, 3.05) is 57.5 Å². The van der Waals surface area contributed by atoms with Crippen LogP contribution in [-0.4, -0.2) is 68.4 Å². The smallest absolute Gasteiger partial charge is 0.310 e. The highest BCUT2D eigenvalue weighted by molar-refractivity contribution is 8.01. The molecule has 0 spiro atoms. The molecule has 0 saturated carbocycles. The van der Waals surface area contributed by atoms with Gasteiger partial charge >= 0.3 is 5.91 Å². The van der Waals surface area contributed by atoms with E-state index in [9.17, 15) is 4.79 Å². The zero-order valence-electron chi connectivity index (χ0n) is 21.2. The van der Waals surface area contributed by atoms with Gasteiger partial charge in [0.25, 0.3) is 17.2 Å². The van der Waals surface area contributed by atoms with Crippen LogP contribution in [0.4, 0.5) is 5.88 Å². The normalized spacial score (nSPS) is 16.4. The van der Waals surface area contributed by atoms with E-state index in [2.05, 4.69) is 77.7 Å². The monoisotopic (exact) mass is 528 g/mol. The van der Waals surface area contributed by atoms with Crippen LogP contribution in [0.25, 0.3) is 0 Å². The molecular formula is C30H31N3O4P+. The first-order valence-electron chi connectivity index (χ1n) is 13.1. The van der Waals surface area contributed by atoms with E-state index in [-0.39, 0.29) is 11.8 Å². The number of morpholine rings is 2. The van der Waals surface area contributed by atoms with Crippen molar-refractivity contribution < 1.29 is 18.7 Å². The van der Waals surface area contributed by atoms with E-state index in [4.69, 9.17) is 18.9 Å². The molecule has 2 saturated heterocycles. The molecule has 0 radical (unpaired) electrons. The van der Waals surface area contributed by atoms with Gasteiger partial charge in [0.1, 0.15) is 15.9 Å². The molecular weight excluding hydrogens is 497 g/mol. The van der Waals surface area contributed by atoms with Gasteiger partial charge in [-0.25, -0.2) is 0 Å². The van der Waals surface area contributed by atoms with Gasteiger partial charge in [0, 0.05) is 26.2 Å². The second kappa shape index (κ2) is 11.1. The molecule has 1 amide bonds. The lowest BCUT2D eigenvalue weighted by molar-refractivity contribution is 0.0277. The van der Waals surface area contributed by atoms with Crippen molar-refractivity contribution in [3.05, 3.63) is 96.9 Å². The second-order valence-electron chi connectivity index (χ2n) is 9.33. The highest BCUT2D eigenvalue weighted by Gasteiger charge is 2.54. The number of oxazole rings is 1. The Morgan fingerprint density at radius 2 is 1.11 bits per heavy atom. The number of hydrogen-bond acceptors (Lipinski definition) is 6. The zero-order chi connectivity index (χ0) is 25.8. The van der Waals surface area contributed by atoms with Gasteiger partial charge in [-0.3, -0.25) is 4.79 Å². The van der Waals surface area contributed by atoms with Crippen LogP contribution >= 0.6 is 7.26 Å². The van der Waals surface area contributed by atoms with Crippen molar-refractivity contribution in [1.82, 2.24) is 9.88 Å². The summed E-state index contributed by atoms with van der Waals surface area (Å²) in [5.74, 6) is 0.603. The van der Waals surface area contributed by atoms with Gasteiger partial charge in [-0.2, -0.15) is 4.98 Å². The molecule has 4 aromatic rings. The van der Waals surface area contributed by atoms with Gasteiger partial charge in [-0.1, -0.05) is 54.6 Å². The Labute approximate surface area is 223 Å². The third kappa shape index (κ3) is 4.51. The van der Waals surface area contributed by atoms with Crippen LogP contribution < -0.4 is 26.2 Å². The molecule has 1 aromatic heterocycles. The number of amides is 1. The number of aromatic nitrogens is 1. The molecule has 2 aliphatic rings. The Morgan fingerprint density at radius 1 is 0.658 bits per heavy atom. The Balaban J connectivity index is 1.63. The van der Waals surface area contributed by atoms with Crippen LogP contribution in [0.2, 0.25) is 0 Å². The van der Waals surface area contributed by atoms with Gasteiger partial charge in [-0.15, -0.1) is 0 Å². The molecule has 8 heteroatoms. The molecule has 2 fully saturated rings. The van der Waals surface area contributed by atoms with Crippen molar-refractivity contribution >= 4 is 40.4 Å². The predicted octanol–water partition coefficient (Wildman–Crippen LogP) is 2.60. The minimum Gasteiger partial charge on any atom is -0.412 e. The van der Waals surface area contributed by atoms with Gasteiger partial charge in [0.05, 0.1) is 26.4 Å². The minimum atomic E-state index is -2.55. The fourth-order valence-electron chi connectivity index (χ4n) is 5.26. The van der Waals surface area contributed by atoms with E-state index in [0.717, 1.165) is 21.3 Å². The topological polar surface area (TPSA) is 68.0 Å². The number of carbonyl (C=O) groups excluding carboxylic acids is 1. The first-order valence-corrected chi connectivity index (χ1v) is 14.8. The molecule has 0 N–H and O–H groups in total. The standard InChI is InChI=1S/C30H31N3O4P/c34-29(32-16-20-35-21-17-32)27-31-28(30(37-27)33-18-22-36-23-19-33)38(24-10-4-1-5-11-24,25-12-6-2-7-13-25)26-14-8-3-9-15-26/h1-15H,16-23H2/q+1. The summed E-state index contributed by atoms with van der Waals surface area (Å²) in [5, 5.41) is 3.47. The summed E-state index contributed by atoms with van der Waals surface area (Å²) in [6, 6.07) is 31.6. The van der Waals surface area contributed by atoms with Crippen LogP contribution in [0.15, 0.2) is 95.4 Å². The fraction of sp³-hybridized carbons (Fsp3) is 0.267. The molecule has 7 nitrogen and oxygen atoms in total. The second-order valence-corrected chi connectivity index (χ2v) is 12.6. The van der Waals surface area contributed by atoms with E-state index in [1.54, 1.807) is 4.90 Å². The number of carbonyl (C=O) groups is 1. The maximum atomic E-state index is 13.7. The van der Waals surface area contributed by atoms with Crippen molar-refractivity contribution in [3.8, 4) is 0 Å². The van der Waals surface area contributed by atoms with Crippen molar-refractivity contribution in [2.24, 2.45) is 0 Å². The maximum Gasteiger partial charge on any atom is 0.310 e. The van der Waals surface area contributed by atoms with E-state index in [0.29, 0.717) is 58.5 Å². The first kappa shape index (κ1) is 24.8. The molecule has 2 aliphatic heterocycles. The van der Waals surface area contributed by atoms with E-state index in [1.807, 2.05) is 18.2 Å². The highest BCUT2D eigenvalue weighted by Crippen LogP contribution is 2.56. The predicted molar refractivity (Wildman–Crippen MR) is 151 cm³/mol. The van der Waals surface area contributed by atoms with Crippen molar-refractivity contribution in [2.45, 2.75) is 0 Å². The Bertz CT molecular complexity index is 1260. The lowest BCUT2D eigenvalue weighted by atomic mass is 10.4. The van der Waals surface area contributed by atoms with Crippen LogP contribution in [0, 0.1) is 0 Å². The molecule has 0 bridgehead atoms. The SMILES string of the molecule is O=C(c1nc([P+](c2ccccc2)(c2ccccc2)c2ccccc2)c(N2CCOCC2)o1)N1CCOCC1. The third-order valence-electron chi connectivity index (χ3n) is 7.12. The van der Waals surface area contributed by atoms with Crippen LogP contribution in [0.1, 0.15) is 10.7 Å². The van der Waals surface area contributed by atoms with Gasteiger partial charge in [0.15, 0.2) is 7.26 Å². The van der Waals surface area contributed by atoms with Crippen LogP contribution in [-0.2, 0) is 9.47 Å². The van der Waals surface area contributed by atoms with E-state index < -0.39 is 7.26 Å². The zero-order valence-corrected chi connectivity index (χ0v) is 22.1. The lowest BCUT2D eigenvalue weighted by Gasteiger charge is -2.30. The molecule has 38 heavy (non-hydrogen) atoms. The quantitative estimate of drug-likeness (QED) is 0.359. The Morgan fingerprint density at radius 3 is 1.58 bits per heavy atom. The molecule has 0 aliphatic carbocycles. The Kier molecular flexibility index (Phi) is 7.23. The molecule has 194 valence electrons. The van der Waals surface area contributed by atoms with E-state index in [1.165, 1.54) is 0 Å². The number of ether oxygens (including phenoxy) is 2. The summed E-state index contributed by atoms with van der Waals surface area (Å²) in [6.45, 7) is 4.63. The maximum absolute atomic E-state index is 13.7. The molecule has 6 rings (SSSR count). The Hall–Kier alpha value is -3.51. The summed E-state index contributed by atoms with van der Waals surface area (Å²) >= 11 is 0. The largest absolute Gasteiger partial charge is 0.412 e. The first-order chi connectivity index (χ1) is 18.8. The lowest BCUT2D eigenvalue weighted by Crippen LogP contribution is -2.44. The molecule has 0 atom stereocenters.